The van der Waals surface area contributed by atoms with Crippen molar-refractivity contribution in [3.63, 3.8) is 0 Å². The minimum absolute atomic E-state index is 0.110. The molecule has 0 saturated carbocycles. The molecule has 0 bridgehead atoms. The fourth-order valence-electron chi connectivity index (χ4n) is 2.15. The maximum atomic E-state index is 12.3. The van der Waals surface area contributed by atoms with Gasteiger partial charge < -0.3 is 5.32 Å². The van der Waals surface area contributed by atoms with E-state index in [0.29, 0.717) is 13.1 Å². The lowest BCUT2D eigenvalue weighted by molar-refractivity contribution is 0.443. The maximum absolute atomic E-state index is 12.3. The van der Waals surface area contributed by atoms with Crippen molar-refractivity contribution in [3.8, 4) is 0 Å². The molecule has 1 aliphatic heterocycles. The number of hydrogen-bond donors (Lipinski definition) is 1. The van der Waals surface area contributed by atoms with Crippen molar-refractivity contribution in [1.29, 1.82) is 0 Å². The third kappa shape index (κ3) is 4.48. The summed E-state index contributed by atoms with van der Waals surface area (Å²) in [5, 5.41) is 3.26. The monoisotopic (exact) mass is 314 g/mol. The van der Waals surface area contributed by atoms with Crippen LogP contribution in [-0.2, 0) is 22.3 Å². The molecule has 1 aromatic rings. The normalized spacial score (nSPS) is 17.2. The van der Waals surface area contributed by atoms with Gasteiger partial charge in [-0.1, -0.05) is 31.2 Å². The Hall–Kier alpha value is -0.560. The molecule has 1 saturated heterocycles. The maximum Gasteiger partial charge on any atom is 0.218 e. The molecule has 0 unspecified atom stereocenters. The van der Waals surface area contributed by atoms with Crippen molar-refractivity contribution in [1.82, 2.24) is 9.62 Å². The second-order valence-corrected chi connectivity index (χ2v) is 8.06. The SMILES string of the molecule is CCNCc1ccc(CS(=O)(=O)N2CCSCC2)cc1. The second kappa shape index (κ2) is 7.45. The summed E-state index contributed by atoms with van der Waals surface area (Å²) >= 11 is 1.82. The summed E-state index contributed by atoms with van der Waals surface area (Å²) in [6, 6.07) is 7.84. The van der Waals surface area contributed by atoms with E-state index in [9.17, 15) is 8.42 Å². The van der Waals surface area contributed by atoms with Crippen LogP contribution in [-0.4, -0.2) is 43.9 Å². The molecule has 1 N–H and O–H groups in total. The highest BCUT2D eigenvalue weighted by atomic mass is 32.2. The molecule has 0 radical (unpaired) electrons. The van der Waals surface area contributed by atoms with E-state index in [1.165, 1.54) is 5.56 Å². The largest absolute Gasteiger partial charge is 0.313 e. The minimum atomic E-state index is -3.16. The topological polar surface area (TPSA) is 49.4 Å². The first-order valence-electron chi connectivity index (χ1n) is 6.96. The number of nitrogens with zero attached hydrogens (tertiary/aromatic N) is 1. The van der Waals surface area contributed by atoms with E-state index in [4.69, 9.17) is 0 Å². The Bertz CT molecular complexity index is 508. The average molecular weight is 314 g/mol. The first-order valence-corrected chi connectivity index (χ1v) is 9.72. The Labute approximate surface area is 126 Å². The average Bonchev–Trinajstić information content (AvgIpc) is 2.47. The van der Waals surface area contributed by atoms with Crippen LogP contribution in [0.2, 0.25) is 0 Å². The van der Waals surface area contributed by atoms with Crippen LogP contribution in [0, 0.1) is 0 Å². The highest BCUT2D eigenvalue weighted by Crippen LogP contribution is 2.17. The molecule has 0 aromatic heterocycles. The van der Waals surface area contributed by atoms with Gasteiger partial charge in [0.15, 0.2) is 0 Å². The van der Waals surface area contributed by atoms with E-state index in [1.54, 1.807) is 4.31 Å². The number of benzene rings is 1. The van der Waals surface area contributed by atoms with E-state index in [0.717, 1.165) is 30.2 Å². The second-order valence-electron chi connectivity index (χ2n) is 4.86. The van der Waals surface area contributed by atoms with Gasteiger partial charge in [0, 0.05) is 31.1 Å². The quantitative estimate of drug-likeness (QED) is 0.868. The zero-order valence-corrected chi connectivity index (χ0v) is 13.5. The zero-order valence-electron chi connectivity index (χ0n) is 11.8. The first-order chi connectivity index (χ1) is 9.62. The lowest BCUT2D eigenvalue weighted by Crippen LogP contribution is -2.38. The Morgan fingerprint density at radius 1 is 1.15 bits per heavy atom. The van der Waals surface area contributed by atoms with Crippen LogP contribution in [0.4, 0.5) is 0 Å². The Morgan fingerprint density at radius 2 is 1.75 bits per heavy atom. The van der Waals surface area contributed by atoms with Gasteiger partial charge in [0.1, 0.15) is 0 Å². The fourth-order valence-corrected chi connectivity index (χ4v) is 4.82. The molecule has 4 nitrogen and oxygen atoms in total. The summed E-state index contributed by atoms with van der Waals surface area (Å²) in [6.45, 7) is 5.12. The van der Waals surface area contributed by atoms with Crippen LogP contribution in [0.25, 0.3) is 0 Å². The standard InChI is InChI=1S/C14H22N2O2S2/c1-2-15-11-13-3-5-14(6-4-13)12-20(17,18)16-7-9-19-10-8-16/h3-6,15H,2,7-12H2,1H3. The van der Waals surface area contributed by atoms with Crippen LogP contribution in [0.5, 0.6) is 0 Å². The van der Waals surface area contributed by atoms with Gasteiger partial charge in [-0.05, 0) is 17.7 Å². The van der Waals surface area contributed by atoms with Gasteiger partial charge in [0.25, 0.3) is 0 Å². The van der Waals surface area contributed by atoms with Gasteiger partial charge in [-0.2, -0.15) is 16.1 Å². The summed E-state index contributed by atoms with van der Waals surface area (Å²) in [6.07, 6.45) is 0. The lowest BCUT2D eigenvalue weighted by Gasteiger charge is -2.25. The first kappa shape index (κ1) is 15.8. The molecule has 6 heteroatoms. The number of thioether (sulfide) groups is 1. The molecule has 2 rings (SSSR count). The molecule has 1 fully saturated rings. The van der Waals surface area contributed by atoms with E-state index in [-0.39, 0.29) is 5.75 Å². The number of nitrogens with one attached hydrogen (secondary N) is 1. The third-order valence-corrected chi connectivity index (χ3v) is 6.11. The highest BCUT2D eigenvalue weighted by Gasteiger charge is 2.24. The van der Waals surface area contributed by atoms with Gasteiger partial charge in [-0.25, -0.2) is 8.42 Å². The lowest BCUT2D eigenvalue weighted by atomic mass is 10.1. The highest BCUT2D eigenvalue weighted by molar-refractivity contribution is 7.99. The third-order valence-electron chi connectivity index (χ3n) is 3.31. The molecule has 0 aliphatic carbocycles. The van der Waals surface area contributed by atoms with Gasteiger partial charge in [0.2, 0.25) is 10.0 Å². The Balaban J connectivity index is 1.98. The van der Waals surface area contributed by atoms with E-state index < -0.39 is 10.0 Å². The van der Waals surface area contributed by atoms with Crippen molar-refractivity contribution >= 4 is 21.8 Å². The molecule has 0 amide bonds. The molecular weight excluding hydrogens is 292 g/mol. The van der Waals surface area contributed by atoms with Gasteiger partial charge in [-0.3, -0.25) is 0 Å². The number of rotatable bonds is 6. The van der Waals surface area contributed by atoms with E-state index in [2.05, 4.69) is 12.2 Å². The molecule has 20 heavy (non-hydrogen) atoms. The van der Waals surface area contributed by atoms with Crippen molar-refractivity contribution in [2.75, 3.05) is 31.1 Å². The predicted octanol–water partition coefficient (Wildman–Crippen LogP) is 1.67. The fraction of sp³-hybridized carbons (Fsp3) is 0.571. The van der Waals surface area contributed by atoms with Gasteiger partial charge >= 0.3 is 0 Å². The summed E-state index contributed by atoms with van der Waals surface area (Å²) in [4.78, 5) is 0. The van der Waals surface area contributed by atoms with Crippen LogP contribution < -0.4 is 5.32 Å². The number of sulfonamides is 1. The van der Waals surface area contributed by atoms with Crippen molar-refractivity contribution < 1.29 is 8.42 Å². The Morgan fingerprint density at radius 3 is 2.35 bits per heavy atom. The molecule has 1 heterocycles. The number of hydrogen-bond acceptors (Lipinski definition) is 4. The molecule has 1 aliphatic rings. The summed E-state index contributed by atoms with van der Waals surface area (Å²) in [5.41, 5.74) is 2.05. The summed E-state index contributed by atoms with van der Waals surface area (Å²) in [7, 11) is -3.16. The smallest absolute Gasteiger partial charge is 0.218 e. The van der Waals surface area contributed by atoms with Crippen LogP contribution in [0.15, 0.2) is 24.3 Å². The molecule has 112 valence electrons. The summed E-state index contributed by atoms with van der Waals surface area (Å²) in [5.74, 6) is 1.92. The molecular formula is C14H22N2O2S2. The molecule has 0 atom stereocenters. The van der Waals surface area contributed by atoms with Crippen LogP contribution in [0.1, 0.15) is 18.1 Å². The van der Waals surface area contributed by atoms with Gasteiger partial charge in [0.05, 0.1) is 5.75 Å². The van der Waals surface area contributed by atoms with Crippen LogP contribution >= 0.6 is 11.8 Å². The Kier molecular flexibility index (Phi) is 5.89. The molecule has 0 spiro atoms. The van der Waals surface area contributed by atoms with E-state index in [1.807, 2.05) is 36.0 Å². The van der Waals surface area contributed by atoms with Crippen molar-refractivity contribution in [3.05, 3.63) is 35.4 Å². The minimum Gasteiger partial charge on any atom is -0.313 e. The molecule has 1 aromatic carbocycles. The van der Waals surface area contributed by atoms with Crippen molar-refractivity contribution in [2.24, 2.45) is 0 Å². The van der Waals surface area contributed by atoms with Crippen LogP contribution in [0.3, 0.4) is 0 Å². The van der Waals surface area contributed by atoms with Crippen molar-refractivity contribution in [2.45, 2.75) is 19.2 Å². The predicted molar refractivity (Wildman–Crippen MR) is 85.3 cm³/mol. The van der Waals surface area contributed by atoms with Gasteiger partial charge in [-0.15, -0.1) is 0 Å². The van der Waals surface area contributed by atoms with E-state index >= 15 is 0 Å². The summed E-state index contributed by atoms with van der Waals surface area (Å²) < 4.78 is 26.3. The zero-order chi connectivity index (χ0) is 14.4.